The van der Waals surface area contributed by atoms with Gasteiger partial charge in [-0.2, -0.15) is 4.36 Å². The number of rotatable bonds is 15. The van der Waals surface area contributed by atoms with E-state index in [1.807, 2.05) is 30.0 Å². The summed E-state index contributed by atoms with van der Waals surface area (Å²) in [4.78, 5) is 51.2. The normalized spacial score (nSPS) is 18.1. The first-order valence-corrected chi connectivity index (χ1v) is 26.9. The second kappa shape index (κ2) is 20.6. The number of aromatic nitrogens is 2. The molecule has 69 heavy (non-hydrogen) atoms. The molecule has 3 aromatic carbocycles. The number of ether oxygens (including phenoxy) is 1. The number of nitrogens with one attached hydrogen (secondary N) is 3. The summed E-state index contributed by atoms with van der Waals surface area (Å²) >= 11 is 6.25. The van der Waals surface area contributed by atoms with Gasteiger partial charge in [-0.3, -0.25) is 29.5 Å². The van der Waals surface area contributed by atoms with E-state index in [4.69, 9.17) is 16.3 Å². The van der Waals surface area contributed by atoms with Crippen molar-refractivity contribution in [3.63, 3.8) is 0 Å². The van der Waals surface area contributed by atoms with Crippen molar-refractivity contribution in [2.45, 2.75) is 64.3 Å². The van der Waals surface area contributed by atoms with Crippen LogP contribution in [0.2, 0.25) is 5.02 Å². The summed E-state index contributed by atoms with van der Waals surface area (Å²) in [5.41, 5.74) is 5.21. The second-order valence-corrected chi connectivity index (χ2v) is 23.5. The van der Waals surface area contributed by atoms with E-state index in [0.29, 0.717) is 44.1 Å². The average Bonchev–Trinajstić information content (AvgIpc) is 3.79. The van der Waals surface area contributed by atoms with Crippen molar-refractivity contribution in [1.29, 1.82) is 0 Å². The molecular formula is C49H58ClN9O8S2. The van der Waals surface area contributed by atoms with Crippen molar-refractivity contribution < 1.29 is 31.9 Å². The van der Waals surface area contributed by atoms with Crippen molar-refractivity contribution in [3.8, 4) is 11.5 Å². The number of allylic oxidation sites excluding steroid dienone is 1. The van der Waals surface area contributed by atoms with Crippen molar-refractivity contribution in [3.05, 3.63) is 117 Å². The monoisotopic (exact) mass is 999 g/mol. The van der Waals surface area contributed by atoms with Crippen LogP contribution in [0.25, 0.3) is 16.6 Å². The molecule has 4 heterocycles. The summed E-state index contributed by atoms with van der Waals surface area (Å²) < 4.78 is 53.0. The van der Waals surface area contributed by atoms with Crippen LogP contribution in [0.5, 0.6) is 11.5 Å². The minimum absolute atomic E-state index is 0.0715. The van der Waals surface area contributed by atoms with Gasteiger partial charge in [-0.1, -0.05) is 50.1 Å². The van der Waals surface area contributed by atoms with E-state index in [1.54, 1.807) is 31.3 Å². The molecule has 0 radical (unpaired) electrons. The molecule has 17 nitrogen and oxygen atoms in total. The van der Waals surface area contributed by atoms with Crippen LogP contribution in [0, 0.1) is 15.5 Å². The molecule has 8 rings (SSSR count). The molecule has 2 aliphatic heterocycles. The van der Waals surface area contributed by atoms with Gasteiger partial charge < -0.3 is 19.9 Å². The van der Waals surface area contributed by atoms with E-state index >= 15 is 0 Å². The molecule has 2 fully saturated rings. The van der Waals surface area contributed by atoms with Crippen LogP contribution in [-0.2, 0) is 24.5 Å². The molecular weight excluding hydrogens is 942 g/mol. The van der Waals surface area contributed by atoms with Gasteiger partial charge >= 0.3 is 0 Å². The predicted octanol–water partition coefficient (Wildman–Crippen LogP) is 8.34. The number of hydrogen-bond acceptors (Lipinski definition) is 13. The summed E-state index contributed by atoms with van der Waals surface area (Å²) in [6, 6.07) is 19.8. The first-order chi connectivity index (χ1) is 32.9. The molecule has 2 aromatic heterocycles. The van der Waals surface area contributed by atoms with Gasteiger partial charge in [0.1, 0.15) is 22.8 Å². The van der Waals surface area contributed by atoms with Crippen LogP contribution in [0.4, 0.5) is 17.1 Å². The third-order valence-corrected chi connectivity index (χ3v) is 16.8. The molecule has 20 heteroatoms. The minimum atomic E-state index is -4.64. The highest BCUT2D eigenvalue weighted by Crippen LogP contribution is 2.43. The standard InChI is InChI=1S/C49H58ClN9O8S2/c1-5-46(60)54-68(64)24-22-57(23-25-68)31-33(2)53-43-13-11-40(28-44(43)59(62)63)69(65,66)55-48(61)41-12-10-38(27-45(41)67-39-26-35-15-17-51-47(35)52-30-39)58-20-18-56(19-21-58)32-36-14-16-49(3,4)29-42(36)34-6-8-37(50)9-7-34/h6-13,15,17,26-28,30,33,53H,5,14,16,18-25,29,31-32H2,1-4H3,(H,51,52)(H,55,61)/t33-/m0/s1. The third kappa shape index (κ3) is 12.1. The Morgan fingerprint density at radius 3 is 2.45 bits per heavy atom. The lowest BCUT2D eigenvalue weighted by molar-refractivity contribution is -0.384. The number of carbonyl (C=O) groups is 2. The Balaban J connectivity index is 0.970. The summed E-state index contributed by atoms with van der Waals surface area (Å²) in [6.45, 7) is 13.3. The van der Waals surface area contributed by atoms with Gasteiger partial charge in [0, 0.05) is 111 Å². The number of benzene rings is 3. The second-order valence-electron chi connectivity index (χ2n) is 18.8. The van der Waals surface area contributed by atoms with Crippen LogP contribution in [0.15, 0.2) is 100 Å². The molecule has 2 saturated heterocycles. The van der Waals surface area contributed by atoms with Gasteiger partial charge in [-0.25, -0.2) is 22.3 Å². The van der Waals surface area contributed by atoms with Crippen molar-refractivity contribution in [2.24, 2.45) is 9.78 Å². The highest BCUT2D eigenvalue weighted by atomic mass is 35.5. The number of carbonyl (C=O) groups excluding carboxylic acids is 2. The van der Waals surface area contributed by atoms with Crippen molar-refractivity contribution in [2.75, 3.05) is 74.1 Å². The van der Waals surface area contributed by atoms with Gasteiger partial charge in [0.05, 0.1) is 31.3 Å². The Morgan fingerprint density at radius 1 is 1.00 bits per heavy atom. The Hall–Kier alpha value is -5.86. The number of fused-ring (bicyclic) bond motifs is 1. The number of sulfonamides is 1. The van der Waals surface area contributed by atoms with E-state index in [1.165, 1.54) is 41.1 Å². The summed E-state index contributed by atoms with van der Waals surface area (Å²) in [7, 11) is -7.26. The van der Waals surface area contributed by atoms with Gasteiger partial charge in [0.15, 0.2) is 0 Å². The van der Waals surface area contributed by atoms with Gasteiger partial charge in [0.25, 0.3) is 27.5 Å². The van der Waals surface area contributed by atoms with Crippen LogP contribution >= 0.6 is 11.6 Å². The van der Waals surface area contributed by atoms with E-state index in [9.17, 15) is 32.3 Å². The molecule has 0 spiro atoms. The zero-order valence-corrected chi connectivity index (χ0v) is 41.6. The maximum absolute atomic E-state index is 14.0. The van der Waals surface area contributed by atoms with E-state index in [2.05, 4.69) is 60.1 Å². The number of nitro benzene ring substituents is 1. The number of pyridine rings is 1. The molecule has 0 bridgehead atoms. The molecule has 3 aliphatic rings. The smallest absolute Gasteiger partial charge is 0.293 e. The molecule has 1 aliphatic carbocycles. The quantitative estimate of drug-likeness (QED) is 0.0666. The first-order valence-electron chi connectivity index (χ1n) is 23.1. The minimum Gasteiger partial charge on any atom is -0.455 e. The summed E-state index contributed by atoms with van der Waals surface area (Å²) in [5, 5.41) is 16.9. The van der Waals surface area contributed by atoms with Crippen molar-refractivity contribution >= 4 is 76.8 Å². The van der Waals surface area contributed by atoms with Gasteiger partial charge in [-0.05, 0) is 91.3 Å². The summed E-state index contributed by atoms with van der Waals surface area (Å²) in [6.07, 6.45) is 6.60. The van der Waals surface area contributed by atoms with Gasteiger partial charge in [-0.15, -0.1) is 0 Å². The number of halogens is 1. The molecule has 5 aromatic rings. The zero-order chi connectivity index (χ0) is 49.1. The van der Waals surface area contributed by atoms with Crippen LogP contribution in [-0.4, -0.2) is 119 Å². The Morgan fingerprint density at radius 2 is 1.74 bits per heavy atom. The molecule has 0 saturated carbocycles. The fourth-order valence-corrected chi connectivity index (χ4v) is 12.2. The number of piperazine rings is 1. The Labute approximate surface area is 408 Å². The van der Waals surface area contributed by atoms with Crippen LogP contribution < -0.4 is 19.7 Å². The lowest BCUT2D eigenvalue weighted by atomic mass is 9.72. The van der Waals surface area contributed by atoms with E-state index in [-0.39, 0.29) is 52.3 Å². The van der Waals surface area contributed by atoms with Gasteiger partial charge in [0.2, 0.25) is 0 Å². The topological polar surface area (TPSA) is 213 Å². The number of amides is 2. The third-order valence-electron chi connectivity index (χ3n) is 13.0. The number of aromatic amines is 1. The highest BCUT2D eigenvalue weighted by Gasteiger charge is 2.31. The maximum Gasteiger partial charge on any atom is 0.293 e. The molecule has 2 amide bonds. The number of hydrogen-bond donors (Lipinski definition) is 3. The van der Waals surface area contributed by atoms with E-state index in [0.717, 1.165) is 61.1 Å². The number of anilines is 2. The number of nitro groups is 1. The number of nitrogens with zero attached hydrogens (tertiary/aromatic N) is 6. The van der Waals surface area contributed by atoms with Crippen LogP contribution in [0.1, 0.15) is 69.3 Å². The average molecular weight is 1000 g/mol. The predicted molar refractivity (Wildman–Crippen MR) is 270 cm³/mol. The lowest BCUT2D eigenvalue weighted by Gasteiger charge is -2.39. The molecule has 1 atom stereocenters. The van der Waals surface area contributed by atoms with Crippen molar-refractivity contribution in [1.82, 2.24) is 24.5 Å². The van der Waals surface area contributed by atoms with Crippen LogP contribution in [0.3, 0.4) is 0 Å². The largest absolute Gasteiger partial charge is 0.455 e. The molecule has 366 valence electrons. The fourth-order valence-electron chi connectivity index (χ4n) is 9.15. The Kier molecular flexibility index (Phi) is 14.8. The number of H-pyrrole nitrogens is 1. The highest BCUT2D eigenvalue weighted by molar-refractivity contribution is 7.94. The maximum atomic E-state index is 14.0. The SMILES string of the molecule is CCC(=O)N=S1(=O)CCN(C[C@H](C)Nc2ccc(S(=O)(=O)NC(=O)c3ccc(N4CCN(CC5=C(c6ccc(Cl)cc6)CC(C)(C)CC5)CC4)cc3Oc3cnc4[nH]ccc4c3)cc2[N+](=O)[O-])CC1. The summed E-state index contributed by atoms with van der Waals surface area (Å²) in [5.74, 6) is -0.467. The molecule has 3 N–H and O–H groups in total. The molecule has 0 unspecified atom stereocenters. The zero-order valence-electron chi connectivity index (χ0n) is 39.2. The fraction of sp³-hybridized carbons (Fsp3) is 0.408. The Bertz CT molecular complexity index is 3020. The first kappa shape index (κ1) is 49.6. The lowest BCUT2D eigenvalue weighted by Crippen LogP contribution is -2.47. The van der Waals surface area contributed by atoms with E-state index < -0.39 is 41.2 Å².